The largest absolute Gasteiger partial charge is 0.354 e. The van der Waals surface area contributed by atoms with E-state index in [0.29, 0.717) is 34.3 Å². The quantitative estimate of drug-likeness (QED) is 0.221. The van der Waals surface area contributed by atoms with Crippen molar-refractivity contribution in [3.8, 4) is 0 Å². The maximum atomic E-state index is 14.2. The molecule has 0 aliphatic rings. The Morgan fingerprint density at radius 2 is 1.63 bits per heavy atom. The van der Waals surface area contributed by atoms with Crippen LogP contribution in [-0.2, 0) is 26.2 Å². The maximum absolute atomic E-state index is 14.2. The van der Waals surface area contributed by atoms with Gasteiger partial charge in [-0.05, 0) is 73.7 Å². The topological polar surface area (TPSA) is 86.8 Å². The predicted octanol–water partition coefficient (Wildman–Crippen LogP) is 6.53. The Morgan fingerprint density at radius 1 is 0.927 bits per heavy atom. The number of nitrogens with zero attached hydrogens (tertiary/aromatic N) is 2. The molecule has 0 aliphatic heterocycles. The van der Waals surface area contributed by atoms with E-state index in [1.807, 2.05) is 33.8 Å². The fraction of sp³-hybridized carbons (Fsp3) is 0.355. The minimum atomic E-state index is -4.13. The molecule has 3 aromatic carbocycles. The highest BCUT2D eigenvalue weighted by Crippen LogP contribution is 2.30. The molecule has 3 aromatic rings. The Morgan fingerprint density at radius 3 is 2.27 bits per heavy atom. The van der Waals surface area contributed by atoms with Gasteiger partial charge in [-0.2, -0.15) is 0 Å². The highest BCUT2D eigenvalue weighted by molar-refractivity contribution is 7.92. The van der Waals surface area contributed by atoms with Gasteiger partial charge in [0, 0.05) is 13.1 Å². The van der Waals surface area contributed by atoms with Crippen LogP contribution in [-0.4, -0.2) is 44.3 Å². The number of anilines is 1. The van der Waals surface area contributed by atoms with Crippen molar-refractivity contribution < 1.29 is 18.0 Å². The van der Waals surface area contributed by atoms with Gasteiger partial charge in [0.1, 0.15) is 12.6 Å². The fourth-order valence-electron chi connectivity index (χ4n) is 4.50. The normalized spacial score (nSPS) is 12.0. The highest BCUT2D eigenvalue weighted by atomic mass is 35.5. The van der Waals surface area contributed by atoms with Crippen LogP contribution in [0.3, 0.4) is 0 Å². The number of hydrogen-bond donors (Lipinski definition) is 1. The van der Waals surface area contributed by atoms with Crippen LogP contribution in [0, 0.1) is 13.8 Å². The molecular formula is C31H37Cl2N3O4S. The van der Waals surface area contributed by atoms with E-state index < -0.39 is 28.5 Å². The molecule has 220 valence electrons. The Bertz CT molecular complexity index is 1470. The molecule has 0 aliphatic carbocycles. The van der Waals surface area contributed by atoms with Gasteiger partial charge in [0.25, 0.3) is 10.0 Å². The Hall–Kier alpha value is -3.07. The smallest absolute Gasteiger partial charge is 0.264 e. The summed E-state index contributed by atoms with van der Waals surface area (Å²) in [6.07, 6.45) is 2.05. The third-order valence-corrected chi connectivity index (χ3v) is 9.52. The summed E-state index contributed by atoms with van der Waals surface area (Å²) in [5.41, 5.74) is 2.69. The van der Waals surface area contributed by atoms with E-state index in [1.165, 1.54) is 17.0 Å². The van der Waals surface area contributed by atoms with Crippen molar-refractivity contribution in [1.29, 1.82) is 0 Å². The molecule has 0 saturated heterocycles. The van der Waals surface area contributed by atoms with Crippen molar-refractivity contribution in [2.45, 2.75) is 64.4 Å². The molecule has 2 amide bonds. The van der Waals surface area contributed by atoms with Crippen LogP contribution in [0.5, 0.6) is 0 Å². The summed E-state index contributed by atoms with van der Waals surface area (Å²) < 4.78 is 29.1. The molecule has 0 unspecified atom stereocenters. The van der Waals surface area contributed by atoms with Gasteiger partial charge in [0.15, 0.2) is 0 Å². The molecule has 0 fully saturated rings. The lowest BCUT2D eigenvalue weighted by atomic mass is 10.1. The molecule has 0 radical (unpaired) electrons. The molecule has 0 bridgehead atoms. The molecule has 1 N–H and O–H groups in total. The van der Waals surface area contributed by atoms with E-state index in [4.69, 9.17) is 23.2 Å². The SMILES string of the molecule is CCCCNC(=O)[C@@H](CC)N(Cc1ccc(Cl)c(Cl)c1)C(=O)CN(c1cccc(C)c1C)S(=O)(=O)c1ccccc1. The first-order valence-corrected chi connectivity index (χ1v) is 15.9. The van der Waals surface area contributed by atoms with E-state index in [1.54, 1.807) is 48.5 Å². The average Bonchev–Trinajstić information content (AvgIpc) is 2.95. The lowest BCUT2D eigenvalue weighted by Crippen LogP contribution is -2.52. The van der Waals surface area contributed by atoms with Crippen molar-refractivity contribution >= 4 is 50.7 Å². The van der Waals surface area contributed by atoms with Crippen molar-refractivity contribution in [3.05, 3.63) is 93.5 Å². The first-order chi connectivity index (χ1) is 19.5. The predicted molar refractivity (Wildman–Crippen MR) is 166 cm³/mol. The summed E-state index contributed by atoms with van der Waals surface area (Å²) in [5, 5.41) is 3.61. The second kappa shape index (κ2) is 14.7. The second-order valence-electron chi connectivity index (χ2n) is 9.88. The molecule has 0 heterocycles. The van der Waals surface area contributed by atoms with Crippen LogP contribution in [0.4, 0.5) is 5.69 Å². The van der Waals surface area contributed by atoms with Gasteiger partial charge < -0.3 is 10.2 Å². The molecule has 41 heavy (non-hydrogen) atoms. The number of hydrogen-bond acceptors (Lipinski definition) is 4. The van der Waals surface area contributed by atoms with Gasteiger partial charge in [-0.1, -0.05) is 79.9 Å². The first kappa shape index (κ1) is 32.4. The summed E-state index contributed by atoms with van der Waals surface area (Å²) in [6.45, 7) is 7.59. The minimum Gasteiger partial charge on any atom is -0.354 e. The summed E-state index contributed by atoms with van der Waals surface area (Å²) in [5.74, 6) is -0.812. The molecule has 0 spiro atoms. The number of carbonyl (C=O) groups excluding carboxylic acids is 2. The third kappa shape index (κ3) is 8.03. The molecule has 3 rings (SSSR count). The van der Waals surface area contributed by atoms with Crippen molar-refractivity contribution in [3.63, 3.8) is 0 Å². The van der Waals surface area contributed by atoms with Gasteiger partial charge in [0.05, 0.1) is 20.6 Å². The van der Waals surface area contributed by atoms with Crippen LogP contribution in [0.25, 0.3) is 0 Å². The third-order valence-electron chi connectivity index (χ3n) is 7.01. The van der Waals surface area contributed by atoms with Crippen LogP contribution in [0.15, 0.2) is 71.6 Å². The van der Waals surface area contributed by atoms with E-state index in [2.05, 4.69) is 5.32 Å². The van der Waals surface area contributed by atoms with E-state index in [-0.39, 0.29) is 17.3 Å². The second-order valence-corrected chi connectivity index (χ2v) is 12.6. The first-order valence-electron chi connectivity index (χ1n) is 13.7. The molecule has 1 atom stereocenters. The number of aryl methyl sites for hydroxylation is 1. The van der Waals surface area contributed by atoms with E-state index in [9.17, 15) is 18.0 Å². The van der Waals surface area contributed by atoms with Crippen LogP contribution >= 0.6 is 23.2 Å². The lowest BCUT2D eigenvalue weighted by molar-refractivity contribution is -0.140. The highest BCUT2D eigenvalue weighted by Gasteiger charge is 2.34. The Kier molecular flexibility index (Phi) is 11.6. The number of amides is 2. The average molecular weight is 619 g/mol. The maximum Gasteiger partial charge on any atom is 0.264 e. The zero-order valence-corrected chi connectivity index (χ0v) is 26.2. The van der Waals surface area contributed by atoms with Gasteiger partial charge in [0.2, 0.25) is 11.8 Å². The van der Waals surface area contributed by atoms with Crippen molar-refractivity contribution in [2.75, 3.05) is 17.4 Å². The van der Waals surface area contributed by atoms with Crippen molar-refractivity contribution in [1.82, 2.24) is 10.2 Å². The number of halogens is 2. The van der Waals surface area contributed by atoms with Gasteiger partial charge in [-0.25, -0.2) is 8.42 Å². The lowest BCUT2D eigenvalue weighted by Gasteiger charge is -2.33. The van der Waals surface area contributed by atoms with Gasteiger partial charge in [-0.3, -0.25) is 13.9 Å². The minimum absolute atomic E-state index is 0.0431. The summed E-state index contributed by atoms with van der Waals surface area (Å²) in [6, 6.07) is 17.5. The molecule has 10 heteroatoms. The van der Waals surface area contributed by atoms with Gasteiger partial charge >= 0.3 is 0 Å². The number of benzene rings is 3. The molecule has 0 saturated carbocycles. The summed E-state index contributed by atoms with van der Waals surface area (Å²) >= 11 is 12.4. The van der Waals surface area contributed by atoms with E-state index in [0.717, 1.165) is 28.3 Å². The zero-order chi connectivity index (χ0) is 30.2. The summed E-state index contributed by atoms with van der Waals surface area (Å²) in [7, 11) is -4.13. The Labute approximate surface area is 253 Å². The van der Waals surface area contributed by atoms with Gasteiger partial charge in [-0.15, -0.1) is 0 Å². The summed E-state index contributed by atoms with van der Waals surface area (Å²) in [4.78, 5) is 29.0. The van der Waals surface area contributed by atoms with Crippen molar-refractivity contribution in [2.24, 2.45) is 0 Å². The molecule has 0 aromatic heterocycles. The fourth-order valence-corrected chi connectivity index (χ4v) is 6.31. The number of rotatable bonds is 13. The molecular weight excluding hydrogens is 581 g/mol. The standard InChI is InChI=1S/C31H37Cl2N3O4S/c1-5-7-18-34-31(38)28(6-2)35(20-24-16-17-26(32)27(33)19-24)30(37)21-36(29-15-11-12-22(3)23(29)4)41(39,40)25-13-9-8-10-14-25/h8-17,19,28H,5-7,18,20-21H2,1-4H3,(H,34,38)/t28-/m1/s1. The van der Waals surface area contributed by atoms with Crippen LogP contribution < -0.4 is 9.62 Å². The Balaban J connectivity index is 2.08. The number of carbonyl (C=O) groups is 2. The zero-order valence-electron chi connectivity index (χ0n) is 23.9. The number of unbranched alkanes of at least 4 members (excludes halogenated alkanes) is 1. The van der Waals surface area contributed by atoms with Crippen LogP contribution in [0.2, 0.25) is 10.0 Å². The monoisotopic (exact) mass is 617 g/mol. The van der Waals surface area contributed by atoms with E-state index >= 15 is 0 Å². The molecule has 7 nitrogen and oxygen atoms in total. The number of sulfonamides is 1. The van der Waals surface area contributed by atoms with Crippen LogP contribution in [0.1, 0.15) is 49.8 Å². The number of nitrogens with one attached hydrogen (secondary N) is 1.